The van der Waals surface area contributed by atoms with Gasteiger partial charge in [-0.25, -0.2) is 0 Å². The molecule has 1 aromatic rings. The van der Waals surface area contributed by atoms with Crippen molar-refractivity contribution in [2.24, 2.45) is 10.8 Å². The fourth-order valence-electron chi connectivity index (χ4n) is 3.44. The van der Waals surface area contributed by atoms with Crippen LogP contribution in [0.15, 0.2) is 12.4 Å². The number of hydrogen-bond acceptors (Lipinski definition) is 3. The van der Waals surface area contributed by atoms with Crippen LogP contribution in [0, 0.1) is 10.8 Å². The van der Waals surface area contributed by atoms with Crippen LogP contribution in [0.5, 0.6) is 0 Å². The van der Waals surface area contributed by atoms with Gasteiger partial charge in [-0.2, -0.15) is 18.3 Å². The monoisotopic (exact) mass is 288 g/mol. The van der Waals surface area contributed by atoms with Gasteiger partial charge >= 0.3 is 6.18 Å². The van der Waals surface area contributed by atoms with Gasteiger partial charge in [-0.1, -0.05) is 0 Å². The summed E-state index contributed by atoms with van der Waals surface area (Å²) in [6.45, 7) is 4.27. The van der Waals surface area contributed by atoms with Crippen LogP contribution in [0.2, 0.25) is 0 Å². The molecule has 0 bridgehead atoms. The quantitative estimate of drug-likeness (QED) is 0.863. The minimum atomic E-state index is -4.11. The summed E-state index contributed by atoms with van der Waals surface area (Å²) >= 11 is 0. The number of halogens is 3. The zero-order chi connectivity index (χ0) is 14.4. The maximum absolute atomic E-state index is 13.1. The van der Waals surface area contributed by atoms with E-state index in [-0.39, 0.29) is 13.0 Å². The van der Waals surface area contributed by atoms with E-state index < -0.39 is 17.0 Å². The van der Waals surface area contributed by atoms with Gasteiger partial charge in [-0.3, -0.25) is 4.68 Å². The molecule has 2 N–H and O–H groups in total. The van der Waals surface area contributed by atoms with E-state index >= 15 is 0 Å². The third kappa shape index (κ3) is 1.95. The van der Waals surface area contributed by atoms with Gasteiger partial charge in [-0.05, 0) is 13.3 Å². The van der Waals surface area contributed by atoms with Gasteiger partial charge < -0.3 is 10.6 Å². The second-order valence-corrected chi connectivity index (χ2v) is 5.95. The fraction of sp³-hybridized carbons (Fsp3) is 0.769. The summed E-state index contributed by atoms with van der Waals surface area (Å²) in [7, 11) is 0. The van der Waals surface area contributed by atoms with Crippen molar-refractivity contribution in [2.75, 3.05) is 19.6 Å². The zero-order valence-corrected chi connectivity index (χ0v) is 11.4. The van der Waals surface area contributed by atoms with Crippen molar-refractivity contribution in [1.29, 1.82) is 0 Å². The Morgan fingerprint density at radius 3 is 2.85 bits per heavy atom. The van der Waals surface area contributed by atoms with Crippen molar-refractivity contribution in [3.63, 3.8) is 0 Å². The molecular formula is C13H19F3N4. The molecule has 4 nitrogen and oxygen atoms in total. The van der Waals surface area contributed by atoms with E-state index in [1.54, 1.807) is 6.20 Å². The SMILES string of the molecule is CCn1cc(CNC[C@@]23CNC[C@]2(C(F)(F)F)C3)cn1. The molecule has 7 heteroatoms. The summed E-state index contributed by atoms with van der Waals surface area (Å²) in [5.74, 6) is 0. The molecule has 2 heterocycles. The molecule has 1 saturated heterocycles. The van der Waals surface area contributed by atoms with Gasteiger partial charge in [0.25, 0.3) is 0 Å². The average Bonchev–Trinajstić information content (AvgIpc) is 2.75. The van der Waals surface area contributed by atoms with Crippen LogP contribution in [0.1, 0.15) is 18.9 Å². The van der Waals surface area contributed by atoms with Gasteiger partial charge in [0, 0.05) is 49.9 Å². The highest BCUT2D eigenvalue weighted by atomic mass is 19.4. The van der Waals surface area contributed by atoms with E-state index in [9.17, 15) is 13.2 Å². The van der Waals surface area contributed by atoms with Crippen molar-refractivity contribution in [3.05, 3.63) is 18.0 Å². The third-order valence-corrected chi connectivity index (χ3v) is 4.77. The van der Waals surface area contributed by atoms with E-state index in [0.717, 1.165) is 12.1 Å². The number of alkyl halides is 3. The highest BCUT2D eigenvalue weighted by Gasteiger charge is 2.81. The summed E-state index contributed by atoms with van der Waals surface area (Å²) in [5.41, 5.74) is -1.14. The Kier molecular flexibility index (Phi) is 3.10. The van der Waals surface area contributed by atoms with Crippen LogP contribution in [0.3, 0.4) is 0 Å². The summed E-state index contributed by atoms with van der Waals surface area (Å²) in [4.78, 5) is 0. The first-order chi connectivity index (χ1) is 9.42. The maximum Gasteiger partial charge on any atom is 0.396 e. The standard InChI is InChI=1S/C13H19F3N4/c1-2-20-5-10(4-19-20)3-17-7-11-6-12(11,9-18-8-11)13(14,15)16/h4-5,17-18H,2-3,6-9H2,1H3/t11-,12+/m0/s1. The Labute approximate surface area is 115 Å². The van der Waals surface area contributed by atoms with E-state index in [2.05, 4.69) is 15.7 Å². The van der Waals surface area contributed by atoms with Crippen LogP contribution in [-0.2, 0) is 13.1 Å². The highest BCUT2D eigenvalue weighted by molar-refractivity contribution is 5.24. The number of aromatic nitrogens is 2. The predicted molar refractivity (Wildman–Crippen MR) is 68.0 cm³/mol. The highest BCUT2D eigenvalue weighted by Crippen LogP contribution is 2.72. The number of fused-ring (bicyclic) bond motifs is 1. The van der Waals surface area contributed by atoms with Crippen molar-refractivity contribution in [1.82, 2.24) is 20.4 Å². The van der Waals surface area contributed by atoms with Gasteiger partial charge in [-0.15, -0.1) is 0 Å². The summed E-state index contributed by atoms with van der Waals surface area (Å²) in [5, 5.41) is 10.2. The Bertz CT molecular complexity index is 498. The number of nitrogens with one attached hydrogen (secondary N) is 2. The van der Waals surface area contributed by atoms with Crippen LogP contribution < -0.4 is 10.6 Å². The lowest BCUT2D eigenvalue weighted by Gasteiger charge is -2.20. The molecule has 112 valence electrons. The lowest BCUT2D eigenvalue weighted by atomic mass is 9.95. The summed E-state index contributed by atoms with van der Waals surface area (Å²) < 4.78 is 41.3. The zero-order valence-electron chi connectivity index (χ0n) is 11.4. The number of rotatable bonds is 5. The smallest absolute Gasteiger partial charge is 0.315 e. The van der Waals surface area contributed by atoms with Gasteiger partial charge in [0.2, 0.25) is 0 Å². The minimum absolute atomic E-state index is 0.0615. The lowest BCUT2D eigenvalue weighted by Crippen LogP contribution is -2.35. The molecule has 2 atom stereocenters. The summed E-state index contributed by atoms with van der Waals surface area (Å²) in [6, 6.07) is 0. The van der Waals surface area contributed by atoms with Crippen molar-refractivity contribution in [3.8, 4) is 0 Å². The molecule has 0 unspecified atom stereocenters. The summed E-state index contributed by atoms with van der Waals surface area (Å²) in [6.07, 6.45) is -0.185. The molecule has 1 saturated carbocycles. The normalized spacial score (nSPS) is 32.4. The molecular weight excluding hydrogens is 269 g/mol. The van der Waals surface area contributed by atoms with Crippen molar-refractivity contribution < 1.29 is 13.2 Å². The second kappa shape index (κ2) is 4.46. The van der Waals surface area contributed by atoms with E-state index in [4.69, 9.17) is 0 Å². The molecule has 2 fully saturated rings. The number of hydrogen-bond donors (Lipinski definition) is 2. The molecule has 3 rings (SSSR count). The van der Waals surface area contributed by atoms with Crippen molar-refractivity contribution in [2.45, 2.75) is 32.6 Å². The van der Waals surface area contributed by atoms with Crippen molar-refractivity contribution >= 4 is 0 Å². The maximum atomic E-state index is 13.1. The first-order valence-electron chi connectivity index (χ1n) is 6.92. The second-order valence-electron chi connectivity index (χ2n) is 5.95. The Hall–Kier alpha value is -1.08. The molecule has 20 heavy (non-hydrogen) atoms. The molecule has 0 spiro atoms. The van der Waals surface area contributed by atoms with Gasteiger partial charge in [0.1, 0.15) is 0 Å². The average molecular weight is 288 g/mol. The van der Waals surface area contributed by atoms with Crippen LogP contribution in [0.25, 0.3) is 0 Å². The fourth-order valence-corrected chi connectivity index (χ4v) is 3.44. The number of piperidine rings is 1. The Morgan fingerprint density at radius 1 is 1.45 bits per heavy atom. The molecule has 0 radical (unpaired) electrons. The molecule has 2 aliphatic rings. The largest absolute Gasteiger partial charge is 0.396 e. The number of nitrogens with zero attached hydrogens (tertiary/aromatic N) is 2. The first kappa shape index (κ1) is 13.9. The first-order valence-corrected chi connectivity index (χ1v) is 6.92. The molecule has 1 aromatic heterocycles. The van der Waals surface area contributed by atoms with Crippen LogP contribution in [0.4, 0.5) is 13.2 Å². The van der Waals surface area contributed by atoms with E-state index in [1.165, 1.54) is 0 Å². The number of aryl methyl sites for hydroxylation is 1. The Morgan fingerprint density at radius 2 is 2.25 bits per heavy atom. The molecule has 1 aliphatic heterocycles. The van der Waals surface area contributed by atoms with Crippen LogP contribution in [-0.4, -0.2) is 35.6 Å². The molecule has 0 amide bonds. The molecule has 1 aliphatic carbocycles. The third-order valence-electron chi connectivity index (χ3n) is 4.77. The van der Waals surface area contributed by atoms with Gasteiger partial charge in [0.15, 0.2) is 0 Å². The topological polar surface area (TPSA) is 41.9 Å². The van der Waals surface area contributed by atoms with Gasteiger partial charge in [0.05, 0.1) is 11.6 Å². The predicted octanol–water partition coefficient (Wildman–Crippen LogP) is 1.53. The minimum Gasteiger partial charge on any atom is -0.315 e. The Balaban J connectivity index is 1.57. The lowest BCUT2D eigenvalue weighted by molar-refractivity contribution is -0.190. The van der Waals surface area contributed by atoms with E-state index in [0.29, 0.717) is 19.6 Å². The van der Waals surface area contributed by atoms with E-state index in [1.807, 2.05) is 17.8 Å². The molecule has 0 aromatic carbocycles. The van der Waals surface area contributed by atoms with Crippen LogP contribution >= 0.6 is 0 Å².